The molecule has 0 unspecified atom stereocenters. The molecular formula is C31H36FN9O2. The number of ether oxygens (including phenoxy) is 1. The predicted molar refractivity (Wildman–Crippen MR) is 165 cm³/mol. The van der Waals surface area contributed by atoms with Gasteiger partial charge in [-0.25, -0.2) is 19.4 Å². The van der Waals surface area contributed by atoms with Crippen molar-refractivity contribution < 1.29 is 13.9 Å². The van der Waals surface area contributed by atoms with Gasteiger partial charge in [0.15, 0.2) is 5.82 Å². The molecule has 224 valence electrons. The Morgan fingerprint density at radius 1 is 1.05 bits per heavy atom. The van der Waals surface area contributed by atoms with Crippen LogP contribution in [0.15, 0.2) is 55.3 Å². The molecule has 3 aromatic rings. The molecule has 2 aliphatic heterocycles. The molecule has 0 bridgehead atoms. The van der Waals surface area contributed by atoms with E-state index in [9.17, 15) is 10.1 Å². The molecule has 3 N–H and O–H groups in total. The molecule has 0 spiro atoms. The number of halogens is 1. The number of aromatic nitrogens is 2. The normalized spacial score (nSPS) is 15.7. The summed E-state index contributed by atoms with van der Waals surface area (Å²) in [6.07, 6.45) is 4.87. The van der Waals surface area contributed by atoms with Crippen molar-refractivity contribution >= 4 is 40.4 Å². The monoisotopic (exact) mass is 585 g/mol. The third-order valence-electron chi connectivity index (χ3n) is 7.27. The maximum atomic E-state index is 15.6. The lowest BCUT2D eigenvalue weighted by atomic mass is 10.2. The van der Waals surface area contributed by atoms with E-state index in [0.29, 0.717) is 35.9 Å². The quantitative estimate of drug-likeness (QED) is 0.280. The zero-order valence-electron chi connectivity index (χ0n) is 24.4. The molecule has 2 fully saturated rings. The molecule has 43 heavy (non-hydrogen) atoms. The van der Waals surface area contributed by atoms with Gasteiger partial charge in [0.1, 0.15) is 23.2 Å². The maximum absolute atomic E-state index is 15.6. The van der Waals surface area contributed by atoms with E-state index in [4.69, 9.17) is 4.74 Å². The van der Waals surface area contributed by atoms with Crippen LogP contribution in [-0.4, -0.2) is 71.3 Å². The van der Waals surface area contributed by atoms with Gasteiger partial charge in [-0.2, -0.15) is 10.2 Å². The number of rotatable bonds is 10. The number of para-hydroxylation sites is 2. The lowest BCUT2D eigenvalue weighted by molar-refractivity contribution is -0.111. The second-order valence-corrected chi connectivity index (χ2v) is 10.6. The van der Waals surface area contributed by atoms with Crippen molar-refractivity contribution in [1.82, 2.24) is 20.0 Å². The molecule has 0 saturated carbocycles. The third-order valence-corrected chi connectivity index (χ3v) is 7.27. The molecule has 2 saturated heterocycles. The van der Waals surface area contributed by atoms with Crippen molar-refractivity contribution in [2.24, 2.45) is 0 Å². The van der Waals surface area contributed by atoms with E-state index in [0.717, 1.165) is 32.3 Å². The Kier molecular flexibility index (Phi) is 9.34. The molecular weight excluding hydrogens is 549 g/mol. The van der Waals surface area contributed by atoms with E-state index in [-0.39, 0.29) is 29.1 Å². The highest BCUT2D eigenvalue weighted by Crippen LogP contribution is 2.34. The van der Waals surface area contributed by atoms with Crippen LogP contribution in [0, 0.1) is 17.1 Å². The van der Waals surface area contributed by atoms with E-state index in [1.165, 1.54) is 25.1 Å². The number of piperazine rings is 1. The van der Waals surface area contributed by atoms with Crippen LogP contribution in [0.4, 0.5) is 38.9 Å². The number of hydrazine groups is 1. The molecule has 0 radical (unpaired) electrons. The largest absolute Gasteiger partial charge is 0.489 e. The average Bonchev–Trinajstić information content (AvgIpc) is 3.55. The molecule has 3 heterocycles. The minimum Gasteiger partial charge on any atom is -0.489 e. The summed E-state index contributed by atoms with van der Waals surface area (Å²) in [7, 11) is 0. The molecule has 5 rings (SSSR count). The minimum atomic E-state index is -0.444. The Morgan fingerprint density at radius 3 is 2.47 bits per heavy atom. The van der Waals surface area contributed by atoms with E-state index in [1.807, 2.05) is 43.0 Å². The van der Waals surface area contributed by atoms with Crippen molar-refractivity contribution in [2.45, 2.75) is 32.8 Å². The molecule has 1 amide bonds. The standard InChI is InChI=1S/C31H36FN9O2/c1-4-29(42)35-26-18-27(39-13-15-41(16-14-39)40-11-7-8-12-40)23(32)17-25(26)37-31-34-20-22(19-33)30(38-31)36-24-9-5-6-10-28(24)43-21(2)3/h4-6,9-10,17-18,20-21H,1,7-8,11-16H2,2-3H3,(H,35,42)(H2,34,36,37,38). The molecule has 11 nitrogen and oxygen atoms in total. The summed E-state index contributed by atoms with van der Waals surface area (Å²) in [5.74, 6) is 0.0568. The fourth-order valence-corrected chi connectivity index (χ4v) is 5.19. The van der Waals surface area contributed by atoms with Gasteiger partial charge in [-0.05, 0) is 51.0 Å². The van der Waals surface area contributed by atoms with Crippen LogP contribution < -0.4 is 25.6 Å². The first-order valence-electron chi connectivity index (χ1n) is 14.4. The molecule has 0 atom stereocenters. The number of hydrogen-bond acceptors (Lipinski definition) is 10. The fraction of sp³-hybridized carbons (Fsp3) is 0.355. The molecule has 2 aromatic carbocycles. The van der Waals surface area contributed by atoms with E-state index in [2.05, 4.69) is 48.6 Å². The summed E-state index contributed by atoms with van der Waals surface area (Å²) in [6.45, 7) is 12.4. The first-order valence-corrected chi connectivity index (χ1v) is 14.4. The van der Waals surface area contributed by atoms with Gasteiger partial charge < -0.3 is 25.6 Å². The van der Waals surface area contributed by atoms with Gasteiger partial charge in [0.25, 0.3) is 0 Å². The second-order valence-electron chi connectivity index (χ2n) is 10.6. The van der Waals surface area contributed by atoms with Crippen LogP contribution in [0.25, 0.3) is 0 Å². The highest BCUT2D eigenvalue weighted by Gasteiger charge is 2.26. The van der Waals surface area contributed by atoms with Gasteiger partial charge in [0.05, 0.1) is 35.1 Å². The Labute approximate surface area is 250 Å². The van der Waals surface area contributed by atoms with Gasteiger partial charge in [-0.1, -0.05) is 18.7 Å². The number of nitrogens with zero attached hydrogens (tertiary/aromatic N) is 6. The van der Waals surface area contributed by atoms with Crippen LogP contribution >= 0.6 is 0 Å². The van der Waals surface area contributed by atoms with Crippen molar-refractivity contribution in [3.05, 3.63) is 66.6 Å². The summed E-state index contributed by atoms with van der Waals surface area (Å²) in [4.78, 5) is 23.1. The highest BCUT2D eigenvalue weighted by molar-refractivity contribution is 6.02. The minimum absolute atomic E-state index is 0.0583. The molecule has 1 aromatic heterocycles. The fourth-order valence-electron chi connectivity index (χ4n) is 5.19. The molecule has 0 aliphatic carbocycles. The number of nitrogens with one attached hydrogen (secondary N) is 3. The Hall–Kier alpha value is -4.73. The summed E-state index contributed by atoms with van der Waals surface area (Å²) < 4.78 is 21.5. The number of amides is 1. The average molecular weight is 586 g/mol. The summed E-state index contributed by atoms with van der Waals surface area (Å²) >= 11 is 0. The summed E-state index contributed by atoms with van der Waals surface area (Å²) in [5.41, 5.74) is 1.83. The number of carbonyl (C=O) groups excluding carboxylic acids is 1. The van der Waals surface area contributed by atoms with Gasteiger partial charge in [-0.15, -0.1) is 0 Å². The number of nitriles is 1. The maximum Gasteiger partial charge on any atom is 0.247 e. The summed E-state index contributed by atoms with van der Waals surface area (Å²) in [6, 6.07) is 12.4. The lowest BCUT2D eigenvalue weighted by Gasteiger charge is -2.40. The SMILES string of the molecule is C=CC(=O)Nc1cc(N2CCN(N3CCCC3)CC2)c(F)cc1Nc1ncc(C#N)c(Nc2ccccc2OC(C)C)n1. The first-order chi connectivity index (χ1) is 20.8. The van der Waals surface area contributed by atoms with Crippen LogP contribution in [0.5, 0.6) is 5.75 Å². The number of benzene rings is 2. The summed E-state index contributed by atoms with van der Waals surface area (Å²) in [5, 5.41) is 23.4. The Bertz CT molecular complexity index is 1510. The van der Waals surface area contributed by atoms with Crippen LogP contribution in [0.3, 0.4) is 0 Å². The third kappa shape index (κ3) is 7.20. The van der Waals surface area contributed by atoms with E-state index < -0.39 is 11.7 Å². The van der Waals surface area contributed by atoms with Crippen molar-refractivity contribution in [2.75, 3.05) is 60.1 Å². The first kappa shape index (κ1) is 29.8. The van der Waals surface area contributed by atoms with E-state index in [1.54, 1.807) is 6.07 Å². The second kappa shape index (κ2) is 13.5. The van der Waals surface area contributed by atoms with Gasteiger partial charge in [-0.3, -0.25) is 4.79 Å². The zero-order valence-corrected chi connectivity index (χ0v) is 24.4. The molecule has 12 heteroatoms. The Balaban J connectivity index is 1.40. The van der Waals surface area contributed by atoms with E-state index >= 15 is 4.39 Å². The van der Waals surface area contributed by atoms with Crippen molar-refractivity contribution in [3.8, 4) is 11.8 Å². The molecule has 2 aliphatic rings. The van der Waals surface area contributed by atoms with Gasteiger partial charge >= 0.3 is 0 Å². The van der Waals surface area contributed by atoms with Crippen LogP contribution in [-0.2, 0) is 4.79 Å². The van der Waals surface area contributed by atoms with Crippen LogP contribution in [0.1, 0.15) is 32.3 Å². The highest BCUT2D eigenvalue weighted by atomic mass is 19.1. The predicted octanol–water partition coefficient (Wildman–Crippen LogP) is 5.02. The van der Waals surface area contributed by atoms with Gasteiger partial charge in [0.2, 0.25) is 11.9 Å². The smallest absolute Gasteiger partial charge is 0.247 e. The van der Waals surface area contributed by atoms with Crippen molar-refractivity contribution in [3.63, 3.8) is 0 Å². The zero-order chi connectivity index (χ0) is 30.3. The number of hydrogen-bond donors (Lipinski definition) is 3. The van der Waals surface area contributed by atoms with Gasteiger partial charge in [0, 0.05) is 45.3 Å². The number of anilines is 6. The van der Waals surface area contributed by atoms with Crippen molar-refractivity contribution in [1.29, 1.82) is 5.26 Å². The Morgan fingerprint density at radius 2 is 1.77 bits per heavy atom. The van der Waals surface area contributed by atoms with Crippen LogP contribution in [0.2, 0.25) is 0 Å². The lowest BCUT2D eigenvalue weighted by Crippen LogP contribution is -2.53. The topological polar surface area (TPSA) is 122 Å². The number of carbonyl (C=O) groups is 1.